The zero-order chi connectivity index (χ0) is 21.1. The number of carbonyl (C=O) groups excluding carboxylic acids is 1. The van der Waals surface area contributed by atoms with Crippen LogP contribution in [-0.4, -0.2) is 24.6 Å². The van der Waals surface area contributed by atoms with Gasteiger partial charge in [-0.05, 0) is 30.2 Å². The molecule has 0 bridgehead atoms. The van der Waals surface area contributed by atoms with Crippen molar-refractivity contribution in [1.82, 2.24) is 0 Å². The molecule has 3 aromatic carbocycles. The standard InChI is InChI=1S/C25H24O5/c1-16-22(13-12-20-21(26)14-15-29-23(16)20)30-24(17-6-4-3-5-7-17)18-8-10-19(11-9-18)25(27)28-2/h3-13,24-25,27H,14-15H2,1-2H3. The summed E-state index contributed by atoms with van der Waals surface area (Å²) in [6.07, 6.45) is -0.928. The molecule has 2 unspecified atom stereocenters. The van der Waals surface area contributed by atoms with Crippen molar-refractivity contribution in [2.75, 3.05) is 13.7 Å². The van der Waals surface area contributed by atoms with Crippen molar-refractivity contribution in [1.29, 1.82) is 0 Å². The van der Waals surface area contributed by atoms with E-state index in [1.807, 2.05) is 67.6 Å². The maximum Gasteiger partial charge on any atom is 0.180 e. The summed E-state index contributed by atoms with van der Waals surface area (Å²) in [6, 6.07) is 21.0. The monoisotopic (exact) mass is 404 g/mol. The van der Waals surface area contributed by atoms with Gasteiger partial charge in [-0.1, -0.05) is 54.6 Å². The predicted octanol–water partition coefficient (Wildman–Crippen LogP) is 4.77. The Bertz CT molecular complexity index is 1030. The Labute approximate surface area is 175 Å². The lowest BCUT2D eigenvalue weighted by molar-refractivity contribution is -0.0769. The molecule has 154 valence electrons. The van der Waals surface area contributed by atoms with Gasteiger partial charge in [-0.25, -0.2) is 0 Å². The number of methoxy groups -OCH3 is 1. The van der Waals surface area contributed by atoms with Crippen LogP contribution in [-0.2, 0) is 4.74 Å². The summed E-state index contributed by atoms with van der Waals surface area (Å²) in [7, 11) is 1.46. The first-order chi connectivity index (χ1) is 14.6. The average molecular weight is 404 g/mol. The second-order valence-corrected chi connectivity index (χ2v) is 7.25. The van der Waals surface area contributed by atoms with Gasteiger partial charge in [-0.2, -0.15) is 0 Å². The molecule has 0 aromatic heterocycles. The molecule has 1 heterocycles. The van der Waals surface area contributed by atoms with E-state index >= 15 is 0 Å². The first kappa shape index (κ1) is 20.1. The Balaban J connectivity index is 1.71. The number of rotatable bonds is 6. The van der Waals surface area contributed by atoms with Gasteiger partial charge in [-0.15, -0.1) is 0 Å². The normalized spacial score (nSPS) is 15.1. The van der Waals surface area contributed by atoms with E-state index < -0.39 is 6.29 Å². The third kappa shape index (κ3) is 3.95. The molecule has 3 aromatic rings. The average Bonchev–Trinajstić information content (AvgIpc) is 2.79. The summed E-state index contributed by atoms with van der Waals surface area (Å²) >= 11 is 0. The highest BCUT2D eigenvalue weighted by Crippen LogP contribution is 2.38. The summed E-state index contributed by atoms with van der Waals surface area (Å²) < 4.78 is 17.2. The molecule has 0 saturated carbocycles. The highest BCUT2D eigenvalue weighted by molar-refractivity contribution is 6.00. The molecular weight excluding hydrogens is 380 g/mol. The molecule has 2 atom stereocenters. The Morgan fingerprint density at radius 2 is 1.60 bits per heavy atom. The maximum absolute atomic E-state index is 12.2. The Morgan fingerprint density at radius 3 is 2.30 bits per heavy atom. The van der Waals surface area contributed by atoms with Gasteiger partial charge in [-0.3, -0.25) is 4.79 Å². The molecule has 0 aliphatic carbocycles. The van der Waals surface area contributed by atoms with Crippen molar-refractivity contribution in [3.8, 4) is 11.5 Å². The van der Waals surface area contributed by atoms with Gasteiger partial charge >= 0.3 is 0 Å². The minimum Gasteiger partial charge on any atom is -0.492 e. The number of aliphatic hydroxyl groups excluding tert-OH is 1. The van der Waals surface area contributed by atoms with E-state index in [1.54, 1.807) is 6.07 Å². The third-order valence-corrected chi connectivity index (χ3v) is 5.33. The van der Waals surface area contributed by atoms with Crippen molar-refractivity contribution >= 4 is 5.78 Å². The highest BCUT2D eigenvalue weighted by Gasteiger charge is 2.24. The zero-order valence-electron chi connectivity index (χ0n) is 17.0. The quantitative estimate of drug-likeness (QED) is 0.600. The molecule has 1 N–H and O–H groups in total. The number of aliphatic hydroxyl groups is 1. The summed E-state index contributed by atoms with van der Waals surface area (Å²) in [5.74, 6) is 1.37. The highest BCUT2D eigenvalue weighted by atomic mass is 16.6. The van der Waals surface area contributed by atoms with Crippen molar-refractivity contribution in [3.05, 3.63) is 94.5 Å². The molecule has 5 heteroatoms. The summed E-state index contributed by atoms with van der Waals surface area (Å²) in [6.45, 7) is 2.30. The van der Waals surface area contributed by atoms with Gasteiger partial charge in [0.25, 0.3) is 0 Å². The van der Waals surface area contributed by atoms with Crippen molar-refractivity contribution < 1.29 is 24.1 Å². The van der Waals surface area contributed by atoms with Crippen molar-refractivity contribution in [2.24, 2.45) is 0 Å². The van der Waals surface area contributed by atoms with Gasteiger partial charge in [0.2, 0.25) is 0 Å². The maximum atomic E-state index is 12.2. The van der Waals surface area contributed by atoms with Gasteiger partial charge < -0.3 is 19.3 Å². The van der Waals surface area contributed by atoms with Crippen LogP contribution in [0.15, 0.2) is 66.7 Å². The van der Waals surface area contributed by atoms with Crippen molar-refractivity contribution in [3.63, 3.8) is 0 Å². The number of fused-ring (bicyclic) bond motifs is 1. The lowest BCUT2D eigenvalue weighted by Gasteiger charge is -2.25. The van der Waals surface area contributed by atoms with Crippen LogP contribution >= 0.6 is 0 Å². The minimum atomic E-state index is -0.965. The molecule has 5 nitrogen and oxygen atoms in total. The van der Waals surface area contributed by atoms with Crippen LogP contribution in [0.1, 0.15) is 51.4 Å². The molecule has 0 spiro atoms. The fourth-order valence-corrected chi connectivity index (χ4v) is 3.64. The smallest absolute Gasteiger partial charge is 0.180 e. The topological polar surface area (TPSA) is 65.0 Å². The van der Waals surface area contributed by atoms with Gasteiger partial charge in [0.1, 0.15) is 17.6 Å². The summed E-state index contributed by atoms with van der Waals surface area (Å²) in [5, 5.41) is 9.89. The Morgan fingerprint density at radius 1 is 0.933 bits per heavy atom. The van der Waals surface area contributed by atoms with Crippen LogP contribution in [0.2, 0.25) is 0 Å². The first-order valence-electron chi connectivity index (χ1n) is 9.90. The van der Waals surface area contributed by atoms with Gasteiger partial charge in [0, 0.05) is 24.7 Å². The Hall–Kier alpha value is -3.15. The molecule has 4 rings (SSSR count). The van der Waals surface area contributed by atoms with Gasteiger partial charge in [0.05, 0.1) is 12.2 Å². The van der Waals surface area contributed by atoms with Crippen LogP contribution in [0.5, 0.6) is 11.5 Å². The largest absolute Gasteiger partial charge is 0.492 e. The molecule has 0 radical (unpaired) electrons. The molecular formula is C25H24O5. The fourth-order valence-electron chi connectivity index (χ4n) is 3.64. The van der Waals surface area contributed by atoms with E-state index in [-0.39, 0.29) is 11.9 Å². The SMILES string of the molecule is COC(O)c1ccc(C(Oc2ccc3c(c2C)OCCC3=O)c2ccccc2)cc1. The number of carbonyl (C=O) groups is 1. The zero-order valence-corrected chi connectivity index (χ0v) is 17.0. The summed E-state index contributed by atoms with van der Waals surface area (Å²) in [5.41, 5.74) is 4.02. The van der Waals surface area contributed by atoms with Crippen LogP contribution in [0.4, 0.5) is 0 Å². The number of Topliss-reactive ketones (excluding diaryl/α,β-unsaturated/α-hetero) is 1. The number of hydrogen-bond acceptors (Lipinski definition) is 5. The first-order valence-corrected chi connectivity index (χ1v) is 9.90. The van der Waals surface area contributed by atoms with Gasteiger partial charge in [0.15, 0.2) is 12.1 Å². The van der Waals surface area contributed by atoms with E-state index in [2.05, 4.69) is 0 Å². The predicted molar refractivity (Wildman–Crippen MR) is 113 cm³/mol. The molecule has 1 aliphatic heterocycles. The van der Waals surface area contributed by atoms with Crippen LogP contribution in [0, 0.1) is 6.92 Å². The number of ketones is 1. The minimum absolute atomic E-state index is 0.0952. The Kier molecular flexibility index (Phi) is 5.84. The fraction of sp³-hybridized carbons (Fsp3) is 0.240. The molecule has 0 saturated heterocycles. The van der Waals surface area contributed by atoms with Crippen LogP contribution in [0.3, 0.4) is 0 Å². The van der Waals surface area contributed by atoms with Crippen LogP contribution in [0.25, 0.3) is 0 Å². The van der Waals surface area contributed by atoms with E-state index in [0.717, 1.165) is 16.7 Å². The lowest BCUT2D eigenvalue weighted by Crippen LogP contribution is -2.17. The molecule has 1 aliphatic rings. The number of benzene rings is 3. The van der Waals surface area contributed by atoms with Crippen molar-refractivity contribution in [2.45, 2.75) is 25.7 Å². The number of ether oxygens (including phenoxy) is 3. The molecule has 30 heavy (non-hydrogen) atoms. The third-order valence-electron chi connectivity index (χ3n) is 5.33. The van der Waals surface area contributed by atoms with E-state index in [4.69, 9.17) is 14.2 Å². The van der Waals surface area contributed by atoms with E-state index in [0.29, 0.717) is 35.7 Å². The lowest BCUT2D eigenvalue weighted by atomic mass is 9.98. The summed E-state index contributed by atoms with van der Waals surface area (Å²) in [4.78, 5) is 12.2. The number of hydrogen-bond donors (Lipinski definition) is 1. The van der Waals surface area contributed by atoms with E-state index in [9.17, 15) is 9.90 Å². The molecule has 0 amide bonds. The van der Waals surface area contributed by atoms with E-state index in [1.165, 1.54) is 7.11 Å². The van der Waals surface area contributed by atoms with Crippen LogP contribution < -0.4 is 9.47 Å². The second-order valence-electron chi connectivity index (χ2n) is 7.25. The molecule has 0 fully saturated rings. The second kappa shape index (κ2) is 8.69.